The van der Waals surface area contributed by atoms with Crippen molar-refractivity contribution in [3.8, 4) is 0 Å². The van der Waals surface area contributed by atoms with E-state index in [1.807, 2.05) is 6.20 Å². The second-order valence-corrected chi connectivity index (χ2v) is 5.55. The summed E-state index contributed by atoms with van der Waals surface area (Å²) in [4.78, 5) is 11.9. The van der Waals surface area contributed by atoms with Gasteiger partial charge in [0, 0.05) is 12.6 Å². The van der Waals surface area contributed by atoms with Crippen LogP contribution in [0.4, 0.5) is 0 Å². The fourth-order valence-corrected chi connectivity index (χ4v) is 2.13. The highest BCUT2D eigenvalue weighted by Gasteiger charge is 2.09. The Kier molecular flexibility index (Phi) is 8.66. The maximum Gasteiger partial charge on any atom is 0.242 e. The van der Waals surface area contributed by atoms with Crippen molar-refractivity contribution < 1.29 is 4.79 Å². The highest BCUT2D eigenvalue weighted by molar-refractivity contribution is 5.75. The van der Waals surface area contributed by atoms with Crippen LogP contribution in [0.15, 0.2) is 6.20 Å². The third-order valence-electron chi connectivity index (χ3n) is 3.27. The van der Waals surface area contributed by atoms with E-state index in [0.29, 0.717) is 6.54 Å². The van der Waals surface area contributed by atoms with Crippen molar-refractivity contribution in [3.63, 3.8) is 0 Å². The van der Waals surface area contributed by atoms with Gasteiger partial charge in [-0.2, -0.15) is 0 Å². The summed E-state index contributed by atoms with van der Waals surface area (Å²) in [6.45, 7) is 8.25. The number of nitrogens with zero attached hydrogens (tertiary/aromatic N) is 3. The number of hydrogen-bond donors (Lipinski definition) is 2. The third kappa shape index (κ3) is 7.80. The second kappa shape index (κ2) is 10.3. The second-order valence-electron chi connectivity index (χ2n) is 5.55. The molecule has 120 valence electrons. The van der Waals surface area contributed by atoms with Crippen LogP contribution < -0.4 is 10.6 Å². The molecule has 1 heterocycles. The lowest BCUT2D eigenvalue weighted by atomic mass is 10.1. The van der Waals surface area contributed by atoms with Crippen LogP contribution in [0.2, 0.25) is 0 Å². The SMILES string of the molecule is CCCCCC(C)NC(=O)Cn1cc(CNCCC)nn1. The summed E-state index contributed by atoms with van der Waals surface area (Å²) in [6.07, 6.45) is 7.53. The van der Waals surface area contributed by atoms with E-state index in [2.05, 4.69) is 41.7 Å². The highest BCUT2D eigenvalue weighted by Crippen LogP contribution is 2.02. The van der Waals surface area contributed by atoms with Crippen LogP contribution in [0.3, 0.4) is 0 Å². The van der Waals surface area contributed by atoms with Crippen LogP contribution in [-0.2, 0) is 17.9 Å². The molecule has 1 aromatic heterocycles. The Hall–Kier alpha value is -1.43. The topological polar surface area (TPSA) is 71.8 Å². The van der Waals surface area contributed by atoms with Gasteiger partial charge in [0.2, 0.25) is 5.91 Å². The molecule has 21 heavy (non-hydrogen) atoms. The average molecular weight is 295 g/mol. The van der Waals surface area contributed by atoms with Crippen molar-refractivity contribution in [3.05, 3.63) is 11.9 Å². The van der Waals surface area contributed by atoms with Crippen LogP contribution in [0.25, 0.3) is 0 Å². The van der Waals surface area contributed by atoms with Crippen LogP contribution in [0.1, 0.15) is 58.6 Å². The highest BCUT2D eigenvalue weighted by atomic mass is 16.2. The molecule has 0 aliphatic carbocycles. The van der Waals surface area contributed by atoms with Crippen LogP contribution in [0, 0.1) is 0 Å². The molecule has 0 radical (unpaired) electrons. The number of amides is 1. The molecular weight excluding hydrogens is 266 g/mol. The van der Waals surface area contributed by atoms with E-state index in [1.165, 1.54) is 12.8 Å². The number of hydrogen-bond acceptors (Lipinski definition) is 4. The first-order chi connectivity index (χ1) is 10.2. The molecule has 1 amide bonds. The van der Waals surface area contributed by atoms with Crippen molar-refractivity contribution in [2.24, 2.45) is 0 Å². The minimum atomic E-state index is -0.00281. The molecule has 2 N–H and O–H groups in total. The van der Waals surface area contributed by atoms with Crippen molar-refractivity contribution >= 4 is 5.91 Å². The zero-order chi connectivity index (χ0) is 15.5. The lowest BCUT2D eigenvalue weighted by Gasteiger charge is -2.13. The number of aromatic nitrogens is 3. The Labute approximate surface area is 127 Å². The molecule has 0 fully saturated rings. The largest absolute Gasteiger partial charge is 0.352 e. The monoisotopic (exact) mass is 295 g/mol. The summed E-state index contributed by atoms with van der Waals surface area (Å²) < 4.78 is 1.59. The van der Waals surface area contributed by atoms with E-state index < -0.39 is 0 Å². The molecule has 1 rings (SSSR count). The Morgan fingerprint density at radius 1 is 1.33 bits per heavy atom. The minimum Gasteiger partial charge on any atom is -0.352 e. The Bertz CT molecular complexity index is 405. The van der Waals surface area contributed by atoms with Gasteiger partial charge in [-0.25, -0.2) is 4.68 Å². The lowest BCUT2D eigenvalue weighted by molar-refractivity contribution is -0.122. The van der Waals surface area contributed by atoms with E-state index in [1.54, 1.807) is 4.68 Å². The predicted octanol–water partition coefficient (Wildman–Crippen LogP) is 1.86. The molecule has 1 atom stereocenters. The first kappa shape index (κ1) is 17.6. The number of nitrogens with one attached hydrogen (secondary N) is 2. The lowest BCUT2D eigenvalue weighted by Crippen LogP contribution is -2.35. The molecular formula is C15H29N5O. The normalized spacial score (nSPS) is 12.3. The third-order valence-corrected chi connectivity index (χ3v) is 3.27. The molecule has 0 saturated carbocycles. The number of unbranched alkanes of at least 4 members (excludes halogenated alkanes) is 2. The summed E-state index contributed by atoms with van der Waals surface area (Å²) in [5.74, 6) is -0.00281. The van der Waals surface area contributed by atoms with Crippen LogP contribution in [-0.4, -0.2) is 33.5 Å². The molecule has 0 aliphatic rings. The number of rotatable bonds is 11. The Morgan fingerprint density at radius 3 is 2.86 bits per heavy atom. The van der Waals surface area contributed by atoms with Crippen molar-refractivity contribution in [2.45, 2.75) is 72.0 Å². The molecule has 6 heteroatoms. The van der Waals surface area contributed by atoms with Gasteiger partial charge in [0.1, 0.15) is 6.54 Å². The molecule has 0 aliphatic heterocycles. The molecule has 0 saturated heterocycles. The molecule has 6 nitrogen and oxygen atoms in total. The summed E-state index contributed by atoms with van der Waals surface area (Å²) in [5, 5.41) is 14.3. The van der Waals surface area contributed by atoms with E-state index in [-0.39, 0.29) is 18.5 Å². The maximum absolute atomic E-state index is 11.9. The first-order valence-electron chi connectivity index (χ1n) is 8.04. The van der Waals surface area contributed by atoms with Crippen molar-refractivity contribution in [1.29, 1.82) is 0 Å². The van der Waals surface area contributed by atoms with E-state index in [9.17, 15) is 4.79 Å². The maximum atomic E-state index is 11.9. The van der Waals surface area contributed by atoms with Gasteiger partial charge in [-0.3, -0.25) is 4.79 Å². The number of carbonyl (C=O) groups is 1. The van der Waals surface area contributed by atoms with Crippen molar-refractivity contribution in [2.75, 3.05) is 6.54 Å². The van der Waals surface area contributed by atoms with E-state index in [4.69, 9.17) is 0 Å². The van der Waals surface area contributed by atoms with Gasteiger partial charge in [-0.15, -0.1) is 5.10 Å². The van der Waals surface area contributed by atoms with Gasteiger partial charge >= 0.3 is 0 Å². The summed E-state index contributed by atoms with van der Waals surface area (Å²) in [5.41, 5.74) is 0.868. The smallest absolute Gasteiger partial charge is 0.242 e. The first-order valence-corrected chi connectivity index (χ1v) is 8.04. The van der Waals surface area contributed by atoms with Gasteiger partial charge in [0.15, 0.2) is 0 Å². The minimum absolute atomic E-state index is 0.00281. The number of carbonyl (C=O) groups excluding carboxylic acids is 1. The zero-order valence-corrected chi connectivity index (χ0v) is 13.6. The van der Waals surface area contributed by atoms with E-state index in [0.717, 1.165) is 31.5 Å². The van der Waals surface area contributed by atoms with Gasteiger partial charge in [-0.05, 0) is 26.3 Å². The van der Waals surface area contributed by atoms with Gasteiger partial charge < -0.3 is 10.6 Å². The van der Waals surface area contributed by atoms with Gasteiger partial charge in [0.25, 0.3) is 0 Å². The molecule has 1 aromatic rings. The van der Waals surface area contributed by atoms with Crippen LogP contribution >= 0.6 is 0 Å². The molecule has 0 spiro atoms. The Morgan fingerprint density at radius 2 is 2.14 bits per heavy atom. The van der Waals surface area contributed by atoms with Gasteiger partial charge in [-0.1, -0.05) is 38.3 Å². The standard InChI is InChI=1S/C15H29N5O/c1-4-6-7-8-13(3)17-15(21)12-20-11-14(18-19-20)10-16-9-5-2/h11,13,16H,4-10,12H2,1-3H3,(H,17,21). The predicted molar refractivity (Wildman–Crippen MR) is 83.8 cm³/mol. The fraction of sp³-hybridized carbons (Fsp3) is 0.800. The quantitative estimate of drug-likeness (QED) is 0.611. The van der Waals surface area contributed by atoms with Crippen LogP contribution in [0.5, 0.6) is 0 Å². The molecule has 0 aromatic carbocycles. The van der Waals surface area contributed by atoms with E-state index >= 15 is 0 Å². The average Bonchev–Trinajstić information content (AvgIpc) is 2.86. The summed E-state index contributed by atoms with van der Waals surface area (Å²) in [7, 11) is 0. The van der Waals surface area contributed by atoms with Crippen molar-refractivity contribution in [1.82, 2.24) is 25.6 Å². The van der Waals surface area contributed by atoms with Gasteiger partial charge in [0.05, 0.1) is 11.9 Å². The molecule has 0 bridgehead atoms. The molecule has 1 unspecified atom stereocenters. The fourth-order valence-electron chi connectivity index (χ4n) is 2.13. The summed E-state index contributed by atoms with van der Waals surface area (Å²) in [6, 6.07) is 0.221. The zero-order valence-electron chi connectivity index (χ0n) is 13.6. The Balaban J connectivity index is 2.27. The summed E-state index contributed by atoms with van der Waals surface area (Å²) >= 11 is 0.